The molecule has 0 aromatic heterocycles. The third-order valence-electron chi connectivity index (χ3n) is 6.31. The van der Waals surface area contributed by atoms with Gasteiger partial charge in [-0.1, -0.05) is 36.1 Å². The number of nitrogens with zero attached hydrogens (tertiary/aromatic N) is 1. The van der Waals surface area contributed by atoms with Gasteiger partial charge in [0.15, 0.2) is 0 Å². The summed E-state index contributed by atoms with van der Waals surface area (Å²) in [5.74, 6) is 5.38. The highest BCUT2D eigenvalue weighted by Crippen LogP contribution is 2.24. The molecular formula is C26H32FN3O4. The molecule has 2 atom stereocenters. The van der Waals surface area contributed by atoms with Gasteiger partial charge in [0, 0.05) is 37.3 Å². The van der Waals surface area contributed by atoms with E-state index >= 15 is 0 Å². The van der Waals surface area contributed by atoms with Crippen molar-refractivity contribution in [2.75, 3.05) is 33.0 Å². The van der Waals surface area contributed by atoms with Crippen molar-refractivity contribution in [3.8, 4) is 11.8 Å². The van der Waals surface area contributed by atoms with Crippen molar-refractivity contribution in [2.45, 2.75) is 38.1 Å². The largest absolute Gasteiger partial charge is 0.385 e. The molecule has 7 nitrogen and oxygen atoms in total. The van der Waals surface area contributed by atoms with Crippen LogP contribution in [0.1, 0.15) is 36.1 Å². The number of alkyl halides is 1. The summed E-state index contributed by atoms with van der Waals surface area (Å²) >= 11 is 0. The maximum absolute atomic E-state index is 13.3. The van der Waals surface area contributed by atoms with Gasteiger partial charge in [-0.15, -0.1) is 0 Å². The van der Waals surface area contributed by atoms with Crippen LogP contribution in [0.3, 0.4) is 0 Å². The minimum absolute atomic E-state index is 0.179. The highest BCUT2D eigenvalue weighted by atomic mass is 19.1. The van der Waals surface area contributed by atoms with Crippen LogP contribution in [0.25, 0.3) is 0 Å². The fourth-order valence-corrected chi connectivity index (χ4v) is 3.60. The van der Waals surface area contributed by atoms with Gasteiger partial charge in [0.2, 0.25) is 0 Å². The van der Waals surface area contributed by atoms with E-state index in [0.29, 0.717) is 0 Å². The van der Waals surface area contributed by atoms with Gasteiger partial charge in [-0.25, -0.2) is 9.87 Å². The topological polar surface area (TPSA) is 94.1 Å². The minimum Gasteiger partial charge on any atom is -0.385 e. The average molecular weight is 470 g/mol. The summed E-state index contributed by atoms with van der Waals surface area (Å²) in [5.41, 5.74) is 1.56. The quantitative estimate of drug-likeness (QED) is 0.268. The summed E-state index contributed by atoms with van der Waals surface area (Å²) < 4.78 is 18.7. The van der Waals surface area contributed by atoms with Crippen LogP contribution in [0.2, 0.25) is 0 Å². The first-order chi connectivity index (χ1) is 16.3. The molecule has 0 aliphatic carbocycles. The number of nitrogens with one attached hydrogen (secondary N) is 2. The Balaban J connectivity index is 1.59. The van der Waals surface area contributed by atoms with E-state index < -0.39 is 23.7 Å². The lowest BCUT2D eigenvalue weighted by molar-refractivity contribution is -0.148. The van der Waals surface area contributed by atoms with Crippen molar-refractivity contribution in [1.82, 2.24) is 15.7 Å². The Hall–Kier alpha value is -2.80. The van der Waals surface area contributed by atoms with E-state index in [2.05, 4.69) is 34.2 Å². The summed E-state index contributed by atoms with van der Waals surface area (Å²) in [6, 6.07) is 15.6. The van der Waals surface area contributed by atoms with Gasteiger partial charge in [-0.05, 0) is 49.2 Å². The molecule has 0 saturated carbocycles. The van der Waals surface area contributed by atoms with Gasteiger partial charge >= 0.3 is 0 Å². The van der Waals surface area contributed by atoms with Gasteiger partial charge in [-0.3, -0.25) is 20.2 Å². The molecule has 2 unspecified atom stereocenters. The normalized spacial score (nSPS) is 17.7. The number of carbonyl (C=O) groups is 1. The predicted octanol–water partition coefficient (Wildman–Crippen LogP) is 1.99. The van der Waals surface area contributed by atoms with E-state index in [1.165, 1.54) is 24.9 Å². The number of hydrogen-bond donors (Lipinski definition) is 4. The van der Waals surface area contributed by atoms with Crippen LogP contribution in [0.5, 0.6) is 0 Å². The second kappa shape index (κ2) is 11.6. The Morgan fingerprint density at radius 1 is 1.03 bits per heavy atom. The van der Waals surface area contributed by atoms with Gasteiger partial charge < -0.3 is 9.84 Å². The Bertz CT molecular complexity index is 1010. The fraction of sp³-hybridized carbons (Fsp3) is 0.423. The highest BCUT2D eigenvalue weighted by molar-refractivity contribution is 5.86. The first-order valence-electron chi connectivity index (χ1n) is 11.3. The van der Waals surface area contributed by atoms with Gasteiger partial charge in [-0.2, -0.15) is 0 Å². The van der Waals surface area contributed by atoms with Crippen molar-refractivity contribution in [3.05, 3.63) is 70.8 Å². The minimum atomic E-state index is -2.01. The van der Waals surface area contributed by atoms with Crippen molar-refractivity contribution < 1.29 is 24.2 Å². The summed E-state index contributed by atoms with van der Waals surface area (Å²) in [7, 11) is 0. The van der Waals surface area contributed by atoms with E-state index in [4.69, 9.17) is 9.94 Å². The lowest BCUT2D eigenvalue weighted by Crippen LogP contribution is -2.68. The Kier molecular flexibility index (Phi) is 8.78. The van der Waals surface area contributed by atoms with Crippen molar-refractivity contribution in [2.24, 2.45) is 0 Å². The molecule has 4 N–H and O–H groups in total. The van der Waals surface area contributed by atoms with E-state index in [1.54, 1.807) is 0 Å². The van der Waals surface area contributed by atoms with Gasteiger partial charge in [0.1, 0.15) is 17.8 Å². The smallest absolute Gasteiger partial charge is 0.266 e. The molecule has 1 aliphatic rings. The number of aliphatic hydroxyl groups is 1. The Morgan fingerprint density at radius 2 is 1.56 bits per heavy atom. The van der Waals surface area contributed by atoms with Crippen molar-refractivity contribution in [1.29, 1.82) is 0 Å². The molecule has 2 aromatic carbocycles. The van der Waals surface area contributed by atoms with Crippen LogP contribution in [-0.4, -0.2) is 65.2 Å². The molecule has 8 heteroatoms. The third-order valence-corrected chi connectivity index (χ3v) is 6.31. The third kappa shape index (κ3) is 6.41. The van der Waals surface area contributed by atoms with Crippen LogP contribution < -0.4 is 10.8 Å². The number of rotatable bonds is 8. The summed E-state index contributed by atoms with van der Waals surface area (Å²) in [6.07, 6.45) is 0. The second-order valence-electron chi connectivity index (χ2n) is 8.86. The number of benzene rings is 2. The molecule has 34 heavy (non-hydrogen) atoms. The van der Waals surface area contributed by atoms with E-state index in [9.17, 15) is 14.3 Å². The van der Waals surface area contributed by atoms with Crippen LogP contribution in [-0.2, 0) is 22.6 Å². The van der Waals surface area contributed by atoms with Crippen LogP contribution in [0.15, 0.2) is 48.5 Å². The predicted molar refractivity (Wildman–Crippen MR) is 127 cm³/mol. The molecular weight excluding hydrogens is 437 g/mol. The fourth-order valence-electron chi connectivity index (χ4n) is 3.60. The number of amides is 1. The Labute approximate surface area is 199 Å². The van der Waals surface area contributed by atoms with Crippen molar-refractivity contribution >= 4 is 5.91 Å². The van der Waals surface area contributed by atoms with E-state index in [-0.39, 0.29) is 6.54 Å². The number of halogens is 1. The number of morpholine rings is 1. The van der Waals surface area contributed by atoms with Crippen molar-refractivity contribution in [3.63, 3.8) is 0 Å². The summed E-state index contributed by atoms with van der Waals surface area (Å²) in [4.78, 5) is 14.5. The zero-order valence-corrected chi connectivity index (χ0v) is 19.6. The molecule has 1 amide bonds. The molecule has 0 radical (unpaired) electrons. The number of ether oxygens (including phenoxy) is 1. The molecule has 2 aromatic rings. The van der Waals surface area contributed by atoms with E-state index in [0.717, 1.165) is 49.5 Å². The first-order valence-corrected chi connectivity index (χ1v) is 11.3. The Morgan fingerprint density at radius 3 is 2.06 bits per heavy atom. The standard InChI is InChI=1S/C26H32FN3O4/c1-25(32,19-27)26(2,24(31)29-33)28-17-22-9-5-20(6-10-22)3-4-21-7-11-23(12-8-21)18-30-13-15-34-16-14-30/h5-12,28,32-33H,13-19H2,1-2H3,(H,29,31). The zero-order valence-electron chi connectivity index (χ0n) is 19.6. The SMILES string of the molecule is CC(O)(CF)C(C)(NCc1ccc(C#Cc2ccc(CN3CCOCC3)cc2)cc1)C(=O)NO. The highest BCUT2D eigenvalue weighted by Gasteiger charge is 2.49. The van der Waals surface area contributed by atoms with Gasteiger partial charge in [0.05, 0.1) is 13.2 Å². The molecule has 1 fully saturated rings. The monoisotopic (exact) mass is 469 g/mol. The first kappa shape index (κ1) is 25.8. The molecule has 0 bridgehead atoms. The van der Waals surface area contributed by atoms with Crippen LogP contribution in [0, 0.1) is 11.8 Å². The van der Waals surface area contributed by atoms with Crippen LogP contribution in [0.4, 0.5) is 4.39 Å². The molecule has 1 aliphatic heterocycles. The summed E-state index contributed by atoms with van der Waals surface area (Å²) in [6.45, 7) is 5.94. The lowest BCUT2D eigenvalue weighted by atomic mass is 9.82. The van der Waals surface area contributed by atoms with E-state index in [1.807, 2.05) is 36.4 Å². The maximum atomic E-state index is 13.3. The molecule has 3 rings (SSSR count). The number of carbonyl (C=O) groups excluding carboxylic acids is 1. The number of hydroxylamine groups is 1. The molecule has 1 heterocycles. The number of hydrogen-bond acceptors (Lipinski definition) is 6. The van der Waals surface area contributed by atoms with Crippen LogP contribution >= 0.6 is 0 Å². The molecule has 182 valence electrons. The summed E-state index contributed by atoms with van der Waals surface area (Å²) in [5, 5.41) is 22.2. The lowest BCUT2D eigenvalue weighted by Gasteiger charge is -2.39. The second-order valence-corrected chi connectivity index (χ2v) is 8.86. The zero-order chi connectivity index (χ0) is 24.6. The molecule has 1 saturated heterocycles. The van der Waals surface area contributed by atoms with Gasteiger partial charge in [0.25, 0.3) is 5.91 Å². The molecule has 0 spiro atoms. The maximum Gasteiger partial charge on any atom is 0.266 e. The average Bonchev–Trinajstić information content (AvgIpc) is 2.87.